The fourth-order valence-corrected chi connectivity index (χ4v) is 2.57. The summed E-state index contributed by atoms with van der Waals surface area (Å²) >= 11 is 0. The average molecular weight is 440 g/mol. The van der Waals surface area contributed by atoms with Crippen LogP contribution in [0.3, 0.4) is 0 Å². The lowest BCUT2D eigenvalue weighted by Gasteiger charge is -2.33. The zero-order valence-electron chi connectivity index (χ0n) is 19.4. The summed E-state index contributed by atoms with van der Waals surface area (Å²) in [4.78, 5) is 25.2. The molecule has 0 saturated heterocycles. The SMILES string of the molecule is CCC(C)N(c1ncc(C=O)cn1)C(C)CC.CNO.Cc1cc(C(C)(F)F)ccn1. The minimum absolute atomic E-state index is 0.0185. The number of pyridine rings is 1. The molecule has 0 aliphatic heterocycles. The molecule has 0 spiro atoms. The van der Waals surface area contributed by atoms with Gasteiger partial charge in [0.2, 0.25) is 5.95 Å². The van der Waals surface area contributed by atoms with E-state index >= 15 is 0 Å². The summed E-state index contributed by atoms with van der Waals surface area (Å²) in [5, 5.41) is 7.32. The molecule has 2 heterocycles. The molecule has 0 bridgehead atoms. The van der Waals surface area contributed by atoms with Crippen LogP contribution in [0.5, 0.6) is 0 Å². The van der Waals surface area contributed by atoms with Gasteiger partial charge in [-0.1, -0.05) is 13.8 Å². The average Bonchev–Trinajstić information content (AvgIpc) is 2.74. The standard InChI is InChI=1S/C13H21N3O.C8H9F2N.CH5NO/c1-5-10(3)16(11(4)6-2)13-14-7-12(9-17)8-15-13;1-6-5-7(3-4-11-6)8(2,9)10;1-2-3/h7-11H,5-6H2,1-4H3;3-5H,1-2H3;2-3H,1H3. The molecule has 0 aliphatic carbocycles. The molecular weight excluding hydrogens is 404 g/mol. The monoisotopic (exact) mass is 439 g/mol. The van der Waals surface area contributed by atoms with Gasteiger partial charge in [-0.05, 0) is 45.7 Å². The highest BCUT2D eigenvalue weighted by Gasteiger charge is 2.24. The number of rotatable bonds is 7. The molecule has 2 rings (SSSR count). The number of hydroxylamine groups is 1. The van der Waals surface area contributed by atoms with Crippen molar-refractivity contribution in [3.63, 3.8) is 0 Å². The van der Waals surface area contributed by atoms with E-state index in [1.807, 2.05) is 0 Å². The van der Waals surface area contributed by atoms with Crippen molar-refractivity contribution >= 4 is 12.2 Å². The van der Waals surface area contributed by atoms with Crippen LogP contribution >= 0.6 is 0 Å². The minimum Gasteiger partial charge on any atom is -0.335 e. The van der Waals surface area contributed by atoms with Gasteiger partial charge in [0.05, 0.1) is 5.56 Å². The van der Waals surface area contributed by atoms with Crippen LogP contribution in [0.25, 0.3) is 0 Å². The van der Waals surface area contributed by atoms with E-state index in [4.69, 9.17) is 5.21 Å². The molecule has 0 saturated carbocycles. The number of aromatic nitrogens is 3. The van der Waals surface area contributed by atoms with Crippen LogP contribution in [0.1, 0.15) is 69.1 Å². The van der Waals surface area contributed by atoms with Crippen molar-refractivity contribution in [2.75, 3.05) is 11.9 Å². The van der Waals surface area contributed by atoms with E-state index in [1.165, 1.54) is 25.4 Å². The summed E-state index contributed by atoms with van der Waals surface area (Å²) in [7, 11) is 1.43. The number of carbonyl (C=O) groups excluding carboxylic acids is 1. The molecule has 0 radical (unpaired) electrons. The van der Waals surface area contributed by atoms with Crippen LogP contribution in [0, 0.1) is 6.92 Å². The van der Waals surface area contributed by atoms with Gasteiger partial charge in [-0.15, -0.1) is 0 Å². The molecule has 2 aromatic heterocycles. The zero-order chi connectivity index (χ0) is 24.0. The number of hydrogen-bond donors (Lipinski definition) is 2. The fraction of sp³-hybridized carbons (Fsp3) is 0.545. The maximum Gasteiger partial charge on any atom is 0.270 e. The third kappa shape index (κ3) is 10.4. The number of halogens is 2. The Kier molecular flexibility index (Phi) is 13.3. The lowest BCUT2D eigenvalue weighted by molar-refractivity contribution is 0.0173. The molecule has 9 heteroatoms. The molecule has 2 aromatic rings. The maximum absolute atomic E-state index is 12.6. The maximum atomic E-state index is 12.6. The van der Waals surface area contributed by atoms with Gasteiger partial charge in [0.25, 0.3) is 5.92 Å². The van der Waals surface area contributed by atoms with Gasteiger partial charge in [-0.2, -0.15) is 0 Å². The second-order valence-electron chi connectivity index (χ2n) is 7.15. The third-order valence-electron chi connectivity index (χ3n) is 4.56. The van der Waals surface area contributed by atoms with Crippen molar-refractivity contribution < 1.29 is 18.8 Å². The Bertz CT molecular complexity index is 744. The first-order chi connectivity index (χ1) is 14.5. The number of carbonyl (C=O) groups is 1. The highest BCUT2D eigenvalue weighted by Crippen LogP contribution is 2.26. The minimum atomic E-state index is -2.76. The first kappa shape index (κ1) is 28.5. The highest BCUT2D eigenvalue weighted by atomic mass is 19.3. The van der Waals surface area contributed by atoms with Gasteiger partial charge in [0, 0.05) is 55.9 Å². The molecule has 2 N–H and O–H groups in total. The second kappa shape index (κ2) is 14.5. The topological polar surface area (TPSA) is 91.2 Å². The van der Waals surface area contributed by atoms with Crippen LogP contribution < -0.4 is 10.4 Å². The van der Waals surface area contributed by atoms with Gasteiger partial charge in [0.15, 0.2) is 6.29 Å². The smallest absolute Gasteiger partial charge is 0.270 e. The van der Waals surface area contributed by atoms with Crippen LogP contribution in [0.4, 0.5) is 14.7 Å². The predicted molar refractivity (Wildman–Crippen MR) is 119 cm³/mol. The lowest BCUT2D eigenvalue weighted by Crippen LogP contribution is -2.41. The van der Waals surface area contributed by atoms with Crippen LogP contribution in [0.2, 0.25) is 0 Å². The lowest BCUT2D eigenvalue weighted by atomic mass is 10.1. The summed E-state index contributed by atoms with van der Waals surface area (Å²) < 4.78 is 25.2. The van der Waals surface area contributed by atoms with E-state index < -0.39 is 5.92 Å². The van der Waals surface area contributed by atoms with Crippen molar-refractivity contribution in [1.29, 1.82) is 0 Å². The van der Waals surface area contributed by atoms with E-state index in [9.17, 15) is 13.6 Å². The van der Waals surface area contributed by atoms with Crippen LogP contribution in [-0.2, 0) is 5.92 Å². The fourth-order valence-electron chi connectivity index (χ4n) is 2.57. The number of anilines is 1. The van der Waals surface area contributed by atoms with Crippen molar-refractivity contribution in [3.8, 4) is 0 Å². The number of nitrogens with zero attached hydrogens (tertiary/aromatic N) is 4. The number of aryl methyl sites for hydroxylation is 1. The Morgan fingerprint density at radius 1 is 1.16 bits per heavy atom. The highest BCUT2D eigenvalue weighted by molar-refractivity contribution is 5.73. The van der Waals surface area contributed by atoms with E-state index in [2.05, 4.69) is 47.5 Å². The van der Waals surface area contributed by atoms with Crippen molar-refractivity contribution in [2.45, 2.75) is 72.4 Å². The summed E-state index contributed by atoms with van der Waals surface area (Å²) in [5.74, 6) is -2.05. The molecule has 0 amide bonds. The Labute approximate surface area is 183 Å². The van der Waals surface area contributed by atoms with Crippen molar-refractivity contribution in [3.05, 3.63) is 47.5 Å². The molecule has 174 valence electrons. The number of hydrogen-bond acceptors (Lipinski definition) is 7. The molecule has 31 heavy (non-hydrogen) atoms. The van der Waals surface area contributed by atoms with Gasteiger partial charge in [-0.25, -0.2) is 24.2 Å². The van der Waals surface area contributed by atoms with E-state index in [0.717, 1.165) is 26.1 Å². The van der Waals surface area contributed by atoms with Gasteiger partial charge >= 0.3 is 0 Å². The Balaban J connectivity index is 0.000000551. The number of nitrogens with one attached hydrogen (secondary N) is 1. The first-order valence-corrected chi connectivity index (χ1v) is 10.2. The normalized spacial score (nSPS) is 12.5. The molecule has 0 fully saturated rings. The second-order valence-corrected chi connectivity index (χ2v) is 7.15. The number of alkyl halides is 2. The molecule has 7 nitrogen and oxygen atoms in total. The van der Waals surface area contributed by atoms with Gasteiger partial charge < -0.3 is 10.1 Å². The predicted octanol–water partition coefficient (Wildman–Crippen LogP) is 4.79. The third-order valence-corrected chi connectivity index (χ3v) is 4.56. The summed E-state index contributed by atoms with van der Waals surface area (Å²) in [6, 6.07) is 3.51. The molecule has 0 aliphatic rings. The van der Waals surface area contributed by atoms with E-state index in [1.54, 1.807) is 24.8 Å². The van der Waals surface area contributed by atoms with Crippen LogP contribution in [0.15, 0.2) is 30.7 Å². The molecule has 2 atom stereocenters. The summed E-state index contributed by atoms with van der Waals surface area (Å²) in [6.07, 6.45) is 7.40. The largest absolute Gasteiger partial charge is 0.335 e. The van der Waals surface area contributed by atoms with Crippen molar-refractivity contribution in [1.82, 2.24) is 20.4 Å². The quantitative estimate of drug-likeness (QED) is 0.473. The zero-order valence-corrected chi connectivity index (χ0v) is 19.4. The summed E-state index contributed by atoms with van der Waals surface area (Å²) in [5.41, 5.74) is 2.90. The van der Waals surface area contributed by atoms with Gasteiger partial charge in [-0.3, -0.25) is 9.78 Å². The molecule has 0 aromatic carbocycles. The Morgan fingerprint density at radius 2 is 1.65 bits per heavy atom. The van der Waals surface area contributed by atoms with Crippen molar-refractivity contribution in [2.24, 2.45) is 0 Å². The first-order valence-electron chi connectivity index (χ1n) is 10.2. The number of aldehydes is 1. The van der Waals surface area contributed by atoms with E-state index in [0.29, 0.717) is 29.3 Å². The van der Waals surface area contributed by atoms with Crippen LogP contribution in [-0.4, -0.2) is 45.6 Å². The molecular formula is C22H35F2N5O2. The Hall–Kier alpha value is -2.52. The van der Waals surface area contributed by atoms with E-state index in [-0.39, 0.29) is 5.56 Å². The Morgan fingerprint density at radius 3 is 1.97 bits per heavy atom. The summed E-state index contributed by atoms with van der Waals surface area (Å²) in [6.45, 7) is 11.2. The van der Waals surface area contributed by atoms with Gasteiger partial charge in [0.1, 0.15) is 0 Å². The molecule has 2 unspecified atom stereocenters.